The largest absolute Gasteiger partial charge is 0.493 e. The lowest BCUT2D eigenvalue weighted by Gasteiger charge is -2.34. The van der Waals surface area contributed by atoms with E-state index in [9.17, 15) is 4.79 Å². The molecule has 1 N–H and O–H groups in total. The second-order valence-electron chi connectivity index (χ2n) is 5.32. The van der Waals surface area contributed by atoms with Gasteiger partial charge in [-0.05, 0) is 23.6 Å². The van der Waals surface area contributed by atoms with Crippen LogP contribution in [0.2, 0.25) is 0 Å². The number of piperazine rings is 1. The van der Waals surface area contributed by atoms with Gasteiger partial charge in [0, 0.05) is 37.8 Å². The van der Waals surface area contributed by atoms with E-state index in [0.717, 1.165) is 16.6 Å². The van der Waals surface area contributed by atoms with E-state index in [4.69, 9.17) is 14.6 Å². The Hall–Kier alpha value is -2.70. The lowest BCUT2D eigenvalue weighted by molar-refractivity contribution is 0.142. The Labute approximate surface area is 134 Å². The van der Waals surface area contributed by atoms with Crippen LogP contribution in [0.15, 0.2) is 24.4 Å². The number of rotatable bonds is 3. The quantitative estimate of drug-likeness (QED) is 0.934. The van der Waals surface area contributed by atoms with Crippen LogP contribution in [0.3, 0.4) is 0 Å². The second-order valence-corrected chi connectivity index (χ2v) is 5.32. The highest BCUT2D eigenvalue weighted by Crippen LogP contribution is 2.35. The van der Waals surface area contributed by atoms with E-state index in [0.29, 0.717) is 37.7 Å². The van der Waals surface area contributed by atoms with Crippen molar-refractivity contribution in [2.45, 2.75) is 0 Å². The predicted molar refractivity (Wildman–Crippen MR) is 86.7 cm³/mol. The van der Waals surface area contributed by atoms with Crippen LogP contribution in [-0.4, -0.2) is 61.5 Å². The molecule has 0 spiro atoms. The lowest BCUT2D eigenvalue weighted by Crippen LogP contribution is -2.48. The molecule has 2 heterocycles. The van der Waals surface area contributed by atoms with E-state index in [1.807, 2.05) is 18.2 Å². The van der Waals surface area contributed by atoms with Crippen molar-refractivity contribution in [3.63, 3.8) is 0 Å². The summed E-state index contributed by atoms with van der Waals surface area (Å²) in [4.78, 5) is 19.0. The minimum atomic E-state index is -0.873. The zero-order chi connectivity index (χ0) is 16.4. The maximum Gasteiger partial charge on any atom is 0.407 e. The Morgan fingerprint density at radius 3 is 2.39 bits per heavy atom. The molecule has 1 amide bonds. The molecule has 0 radical (unpaired) electrons. The first-order valence-electron chi connectivity index (χ1n) is 7.37. The second kappa shape index (κ2) is 6.20. The van der Waals surface area contributed by atoms with Crippen LogP contribution in [-0.2, 0) is 0 Å². The van der Waals surface area contributed by atoms with Crippen LogP contribution < -0.4 is 14.4 Å². The van der Waals surface area contributed by atoms with Crippen molar-refractivity contribution in [2.24, 2.45) is 0 Å². The molecule has 0 aliphatic carbocycles. The van der Waals surface area contributed by atoms with Crippen molar-refractivity contribution in [1.29, 1.82) is 0 Å². The molecule has 1 fully saturated rings. The van der Waals surface area contributed by atoms with Crippen LogP contribution in [0.4, 0.5) is 10.6 Å². The summed E-state index contributed by atoms with van der Waals surface area (Å²) in [6, 6.07) is 5.77. The van der Waals surface area contributed by atoms with Crippen LogP contribution in [0, 0.1) is 0 Å². The van der Waals surface area contributed by atoms with Gasteiger partial charge in [0.2, 0.25) is 0 Å². The van der Waals surface area contributed by atoms with E-state index in [2.05, 4.69) is 9.88 Å². The molecule has 0 saturated carbocycles. The number of anilines is 1. The molecule has 0 bridgehead atoms. The van der Waals surface area contributed by atoms with Gasteiger partial charge in [-0.3, -0.25) is 0 Å². The molecule has 122 valence electrons. The van der Waals surface area contributed by atoms with Gasteiger partial charge in [-0.2, -0.15) is 0 Å². The summed E-state index contributed by atoms with van der Waals surface area (Å²) < 4.78 is 10.7. The summed E-state index contributed by atoms with van der Waals surface area (Å²) in [6.45, 7) is 2.18. The molecule has 0 atom stereocenters. The Balaban J connectivity index is 1.97. The van der Waals surface area contributed by atoms with Crippen molar-refractivity contribution >= 4 is 22.7 Å². The summed E-state index contributed by atoms with van der Waals surface area (Å²) in [5.74, 6) is 2.17. The van der Waals surface area contributed by atoms with Crippen LogP contribution in [0.1, 0.15) is 0 Å². The zero-order valence-corrected chi connectivity index (χ0v) is 13.2. The number of nitrogens with zero attached hydrogens (tertiary/aromatic N) is 3. The Kier molecular flexibility index (Phi) is 4.10. The molecule has 1 saturated heterocycles. The third-order valence-electron chi connectivity index (χ3n) is 4.10. The van der Waals surface area contributed by atoms with Gasteiger partial charge < -0.3 is 24.4 Å². The minimum absolute atomic E-state index is 0.473. The Morgan fingerprint density at radius 1 is 1.13 bits per heavy atom. The first kappa shape index (κ1) is 15.2. The van der Waals surface area contributed by atoms with Crippen LogP contribution in [0.25, 0.3) is 10.8 Å². The minimum Gasteiger partial charge on any atom is -0.493 e. The van der Waals surface area contributed by atoms with Crippen LogP contribution >= 0.6 is 0 Å². The average molecular weight is 317 g/mol. The fraction of sp³-hybridized carbons (Fsp3) is 0.375. The van der Waals surface area contributed by atoms with Crippen molar-refractivity contribution in [3.05, 3.63) is 24.4 Å². The number of methoxy groups -OCH3 is 2. The van der Waals surface area contributed by atoms with Gasteiger partial charge in [-0.15, -0.1) is 0 Å². The molecule has 0 unspecified atom stereocenters. The SMILES string of the molecule is COc1cc2ccnc(N3CCN(C(=O)O)CC3)c2cc1OC. The zero-order valence-electron chi connectivity index (χ0n) is 13.2. The van der Waals surface area contributed by atoms with Crippen molar-refractivity contribution in [1.82, 2.24) is 9.88 Å². The van der Waals surface area contributed by atoms with E-state index in [1.165, 1.54) is 4.90 Å². The highest BCUT2D eigenvalue weighted by molar-refractivity contribution is 5.94. The average Bonchev–Trinajstić information content (AvgIpc) is 2.60. The van der Waals surface area contributed by atoms with E-state index >= 15 is 0 Å². The summed E-state index contributed by atoms with van der Waals surface area (Å²) in [6.07, 6.45) is 0.884. The summed E-state index contributed by atoms with van der Waals surface area (Å²) in [7, 11) is 3.21. The van der Waals surface area contributed by atoms with Gasteiger partial charge in [-0.25, -0.2) is 9.78 Å². The maximum atomic E-state index is 11.0. The van der Waals surface area contributed by atoms with Crippen molar-refractivity contribution in [3.8, 4) is 11.5 Å². The molecule has 1 aliphatic heterocycles. The van der Waals surface area contributed by atoms with E-state index in [1.54, 1.807) is 20.4 Å². The standard InChI is InChI=1S/C16H19N3O4/c1-22-13-9-11-3-4-17-15(12(11)10-14(13)23-2)18-5-7-19(8-6-18)16(20)21/h3-4,9-10H,5-8H2,1-2H3,(H,20,21). The van der Waals surface area contributed by atoms with E-state index in [-0.39, 0.29) is 0 Å². The van der Waals surface area contributed by atoms with E-state index < -0.39 is 6.09 Å². The monoisotopic (exact) mass is 317 g/mol. The first-order chi connectivity index (χ1) is 11.1. The maximum absolute atomic E-state index is 11.0. The number of hydrogen-bond donors (Lipinski definition) is 1. The molecule has 1 aromatic heterocycles. The lowest BCUT2D eigenvalue weighted by atomic mass is 10.1. The number of benzene rings is 1. The molecule has 23 heavy (non-hydrogen) atoms. The van der Waals surface area contributed by atoms with Gasteiger partial charge in [0.15, 0.2) is 11.5 Å². The first-order valence-corrected chi connectivity index (χ1v) is 7.37. The van der Waals surface area contributed by atoms with Gasteiger partial charge >= 0.3 is 6.09 Å². The third kappa shape index (κ3) is 2.81. The molecule has 1 aliphatic rings. The fourth-order valence-corrected chi connectivity index (χ4v) is 2.85. The van der Waals surface area contributed by atoms with Crippen molar-refractivity contribution < 1.29 is 19.4 Å². The molecule has 2 aromatic rings. The number of fused-ring (bicyclic) bond motifs is 1. The van der Waals surface area contributed by atoms with Gasteiger partial charge in [0.1, 0.15) is 5.82 Å². The molecular formula is C16H19N3O4. The summed E-state index contributed by atoms with van der Waals surface area (Å²) >= 11 is 0. The topological polar surface area (TPSA) is 75.1 Å². The normalized spacial score (nSPS) is 14.9. The number of hydrogen-bond acceptors (Lipinski definition) is 5. The highest BCUT2D eigenvalue weighted by Gasteiger charge is 2.22. The number of carbonyl (C=O) groups is 1. The smallest absolute Gasteiger partial charge is 0.407 e. The number of ether oxygens (including phenoxy) is 2. The fourth-order valence-electron chi connectivity index (χ4n) is 2.85. The van der Waals surface area contributed by atoms with Gasteiger partial charge in [0.05, 0.1) is 14.2 Å². The highest BCUT2D eigenvalue weighted by atomic mass is 16.5. The number of carboxylic acid groups (broad SMARTS) is 1. The third-order valence-corrected chi connectivity index (χ3v) is 4.10. The Bertz CT molecular complexity index is 727. The molecule has 3 rings (SSSR count). The Morgan fingerprint density at radius 2 is 1.78 bits per heavy atom. The molecule has 7 nitrogen and oxygen atoms in total. The summed E-state index contributed by atoms with van der Waals surface area (Å²) in [5, 5.41) is 11.0. The molecular weight excluding hydrogens is 298 g/mol. The number of amides is 1. The predicted octanol–water partition coefficient (Wildman–Crippen LogP) is 2.05. The summed E-state index contributed by atoms with van der Waals surface area (Å²) in [5.41, 5.74) is 0. The molecule has 1 aromatic carbocycles. The number of aromatic nitrogens is 1. The van der Waals surface area contributed by atoms with Crippen molar-refractivity contribution in [2.75, 3.05) is 45.3 Å². The van der Waals surface area contributed by atoms with Gasteiger partial charge in [0.25, 0.3) is 0 Å². The van der Waals surface area contributed by atoms with Gasteiger partial charge in [-0.1, -0.05) is 0 Å². The molecule has 7 heteroatoms. The van der Waals surface area contributed by atoms with Crippen LogP contribution in [0.5, 0.6) is 11.5 Å². The number of pyridine rings is 1.